The number of anilines is 1. The van der Waals surface area contributed by atoms with Gasteiger partial charge in [0, 0.05) is 12.1 Å². The van der Waals surface area contributed by atoms with E-state index in [2.05, 4.69) is 55.7 Å². The molecule has 0 unspecified atom stereocenters. The summed E-state index contributed by atoms with van der Waals surface area (Å²) in [5.41, 5.74) is 4.81. The van der Waals surface area contributed by atoms with Crippen molar-refractivity contribution in [1.82, 2.24) is 5.32 Å². The molecule has 2 N–H and O–H groups in total. The van der Waals surface area contributed by atoms with Gasteiger partial charge in [-0.15, -0.1) is 0 Å². The van der Waals surface area contributed by atoms with Crippen molar-refractivity contribution >= 4 is 29.2 Å². The first-order valence-electron chi connectivity index (χ1n) is 11.0. The average molecular weight is 457 g/mol. The third-order valence-corrected chi connectivity index (χ3v) is 6.28. The molecule has 0 atom stereocenters. The Hall–Kier alpha value is -2.57. The van der Waals surface area contributed by atoms with Gasteiger partial charge in [0.1, 0.15) is 0 Å². The normalized spacial score (nSPS) is 18.2. The van der Waals surface area contributed by atoms with Crippen LogP contribution in [0.4, 0.5) is 5.69 Å². The van der Waals surface area contributed by atoms with Gasteiger partial charge in [-0.05, 0) is 47.2 Å². The van der Waals surface area contributed by atoms with Gasteiger partial charge >= 0.3 is 11.9 Å². The minimum atomic E-state index is -1.48. The molecule has 2 aliphatic rings. The maximum Gasteiger partial charge on any atom is 0.309 e. The molecule has 0 aliphatic carbocycles. The summed E-state index contributed by atoms with van der Waals surface area (Å²) in [4.78, 5) is 24.5. The van der Waals surface area contributed by atoms with Crippen molar-refractivity contribution in [3.63, 3.8) is 0 Å². The maximum atomic E-state index is 12.3. The van der Waals surface area contributed by atoms with E-state index in [0.29, 0.717) is 30.1 Å². The smallest absolute Gasteiger partial charge is 0.309 e. The first-order chi connectivity index (χ1) is 15.2. The highest BCUT2D eigenvalue weighted by Gasteiger charge is 2.45. The Morgan fingerprint density at radius 2 is 1.66 bits per heavy atom. The number of carbonyl (C=O) groups excluding carboxylic acids is 2. The van der Waals surface area contributed by atoms with Crippen LogP contribution in [0, 0.1) is 0 Å². The second kappa shape index (κ2) is 8.75. The van der Waals surface area contributed by atoms with Crippen LogP contribution in [0.1, 0.15) is 55.9 Å². The van der Waals surface area contributed by atoms with E-state index in [4.69, 9.17) is 21.1 Å². The third kappa shape index (κ3) is 4.62. The van der Waals surface area contributed by atoms with Gasteiger partial charge in [0.2, 0.25) is 0 Å². The Morgan fingerprint density at radius 1 is 1.00 bits per heavy atom. The van der Waals surface area contributed by atoms with Crippen LogP contribution in [-0.4, -0.2) is 25.0 Å². The van der Waals surface area contributed by atoms with Gasteiger partial charge in [0.05, 0.1) is 30.1 Å². The van der Waals surface area contributed by atoms with E-state index in [1.807, 2.05) is 0 Å². The summed E-state index contributed by atoms with van der Waals surface area (Å²) < 4.78 is 11.4. The van der Waals surface area contributed by atoms with Crippen molar-refractivity contribution in [2.24, 2.45) is 0 Å². The number of ether oxygens (including phenoxy) is 2. The Morgan fingerprint density at radius 3 is 2.28 bits per heavy atom. The SMILES string of the molecule is CC(C)(C)c1ccc(CNc2c(Cl)ccc3c2CCNCC32OC(=O)CCC(=O)O2)cc1. The second-order valence-electron chi connectivity index (χ2n) is 9.38. The van der Waals surface area contributed by atoms with Crippen molar-refractivity contribution in [3.05, 3.63) is 63.7 Å². The van der Waals surface area contributed by atoms with Crippen LogP contribution in [0.3, 0.4) is 0 Å². The zero-order chi connectivity index (χ0) is 22.9. The Labute approximate surface area is 193 Å². The Kier molecular flexibility index (Phi) is 6.19. The first-order valence-corrected chi connectivity index (χ1v) is 11.4. The zero-order valence-corrected chi connectivity index (χ0v) is 19.5. The average Bonchev–Trinajstić information content (AvgIpc) is 3.00. The lowest BCUT2D eigenvalue weighted by Gasteiger charge is -2.32. The lowest BCUT2D eigenvalue weighted by Crippen LogP contribution is -2.43. The molecule has 0 bridgehead atoms. The van der Waals surface area contributed by atoms with Gasteiger partial charge in [-0.3, -0.25) is 9.59 Å². The molecule has 4 rings (SSSR count). The standard InChI is InChI=1S/C25H29ClN2O4/c1-24(2,3)17-6-4-16(5-7-17)14-28-23-18-12-13-27-15-25(19(18)8-9-20(23)26)31-21(29)10-11-22(30)32-25/h4-9,27-28H,10-15H2,1-3H3. The summed E-state index contributed by atoms with van der Waals surface area (Å²) in [5, 5.41) is 7.27. The van der Waals surface area contributed by atoms with E-state index in [0.717, 1.165) is 16.8 Å². The van der Waals surface area contributed by atoms with Crippen molar-refractivity contribution < 1.29 is 19.1 Å². The molecule has 1 saturated heterocycles. The van der Waals surface area contributed by atoms with E-state index in [1.54, 1.807) is 12.1 Å². The van der Waals surface area contributed by atoms with Gasteiger partial charge in [-0.2, -0.15) is 0 Å². The fourth-order valence-corrected chi connectivity index (χ4v) is 4.42. The summed E-state index contributed by atoms with van der Waals surface area (Å²) in [6.07, 6.45) is 0.677. The van der Waals surface area contributed by atoms with Crippen molar-refractivity contribution in [2.75, 3.05) is 18.4 Å². The minimum Gasteiger partial charge on any atom is -0.416 e. The number of hydrogen-bond donors (Lipinski definition) is 2. The predicted octanol–water partition coefficient (Wildman–Crippen LogP) is 4.43. The van der Waals surface area contributed by atoms with Gasteiger partial charge in [0.15, 0.2) is 0 Å². The van der Waals surface area contributed by atoms with E-state index < -0.39 is 17.7 Å². The Bertz CT molecular complexity index is 1010. The van der Waals surface area contributed by atoms with Gasteiger partial charge in [-0.1, -0.05) is 56.6 Å². The van der Waals surface area contributed by atoms with Gasteiger partial charge in [-0.25, -0.2) is 0 Å². The molecular formula is C25H29ClN2O4. The minimum absolute atomic E-state index is 0.0131. The van der Waals surface area contributed by atoms with E-state index in [9.17, 15) is 9.59 Å². The maximum absolute atomic E-state index is 12.3. The van der Waals surface area contributed by atoms with Crippen molar-refractivity contribution in [3.8, 4) is 0 Å². The van der Waals surface area contributed by atoms with Gasteiger partial charge < -0.3 is 20.1 Å². The summed E-state index contributed by atoms with van der Waals surface area (Å²) in [6.45, 7) is 8.00. The topological polar surface area (TPSA) is 76.7 Å². The number of nitrogens with one attached hydrogen (secondary N) is 2. The molecule has 1 spiro atoms. The highest BCUT2D eigenvalue weighted by atomic mass is 35.5. The molecule has 170 valence electrons. The molecular weight excluding hydrogens is 428 g/mol. The fraction of sp³-hybridized carbons (Fsp3) is 0.440. The van der Waals surface area contributed by atoms with E-state index in [-0.39, 0.29) is 24.8 Å². The zero-order valence-electron chi connectivity index (χ0n) is 18.7. The van der Waals surface area contributed by atoms with Gasteiger partial charge in [0.25, 0.3) is 5.79 Å². The number of esters is 2. The number of benzene rings is 2. The van der Waals surface area contributed by atoms with Crippen LogP contribution in [0.5, 0.6) is 0 Å². The largest absolute Gasteiger partial charge is 0.416 e. The molecule has 2 aromatic rings. The number of carbonyl (C=O) groups is 2. The molecule has 6 nitrogen and oxygen atoms in total. The number of halogens is 1. The van der Waals surface area contributed by atoms with Crippen LogP contribution in [-0.2, 0) is 43.2 Å². The highest BCUT2D eigenvalue weighted by molar-refractivity contribution is 6.33. The molecule has 2 aliphatic heterocycles. The number of rotatable bonds is 3. The van der Waals surface area contributed by atoms with Crippen molar-refractivity contribution in [1.29, 1.82) is 0 Å². The molecule has 0 radical (unpaired) electrons. The Balaban J connectivity index is 1.66. The van der Waals surface area contributed by atoms with Crippen LogP contribution in [0.25, 0.3) is 0 Å². The molecule has 2 heterocycles. The number of hydrogen-bond acceptors (Lipinski definition) is 6. The van der Waals surface area contributed by atoms with Crippen LogP contribution in [0.15, 0.2) is 36.4 Å². The van der Waals surface area contributed by atoms with Crippen LogP contribution >= 0.6 is 11.6 Å². The molecule has 0 aromatic heterocycles. The first kappa shape index (κ1) is 22.6. The third-order valence-electron chi connectivity index (χ3n) is 5.96. The molecule has 0 amide bonds. The van der Waals surface area contributed by atoms with Crippen molar-refractivity contribution in [2.45, 2.75) is 57.8 Å². The van der Waals surface area contributed by atoms with Crippen LogP contribution < -0.4 is 10.6 Å². The summed E-state index contributed by atoms with van der Waals surface area (Å²) in [6, 6.07) is 12.1. The molecule has 2 aromatic carbocycles. The lowest BCUT2D eigenvalue weighted by atomic mass is 9.87. The van der Waals surface area contributed by atoms with E-state index >= 15 is 0 Å². The fourth-order valence-electron chi connectivity index (χ4n) is 4.18. The quantitative estimate of drug-likeness (QED) is 0.665. The second-order valence-corrected chi connectivity index (χ2v) is 9.78. The predicted molar refractivity (Wildman–Crippen MR) is 124 cm³/mol. The molecule has 0 saturated carbocycles. The summed E-state index contributed by atoms with van der Waals surface area (Å²) >= 11 is 6.58. The monoisotopic (exact) mass is 456 g/mol. The molecule has 7 heteroatoms. The van der Waals surface area contributed by atoms with E-state index in [1.165, 1.54) is 5.56 Å². The van der Waals surface area contributed by atoms with Crippen LogP contribution in [0.2, 0.25) is 5.02 Å². The number of fused-ring (bicyclic) bond motifs is 2. The summed E-state index contributed by atoms with van der Waals surface area (Å²) in [5.74, 6) is -2.38. The summed E-state index contributed by atoms with van der Waals surface area (Å²) in [7, 11) is 0. The highest BCUT2D eigenvalue weighted by Crippen LogP contribution is 2.40. The molecule has 1 fully saturated rings. The lowest BCUT2D eigenvalue weighted by molar-refractivity contribution is -0.225. The molecule has 32 heavy (non-hydrogen) atoms.